The molecular weight excluding hydrogens is 168 g/mol. The fraction of sp³-hybridized carbons (Fsp3) is 0.700. The summed E-state index contributed by atoms with van der Waals surface area (Å²) in [5, 5.41) is 0. The van der Waals surface area contributed by atoms with Crippen molar-refractivity contribution >= 4 is 5.97 Å². The number of rotatable bonds is 5. The van der Waals surface area contributed by atoms with Crippen LogP contribution < -0.4 is 0 Å². The molecule has 0 saturated heterocycles. The van der Waals surface area contributed by atoms with Crippen LogP contribution in [0.2, 0.25) is 0 Å². The highest BCUT2D eigenvalue weighted by atomic mass is 16.5. The van der Waals surface area contributed by atoms with Gasteiger partial charge in [0.05, 0.1) is 24.9 Å². The Bertz CT molecular complexity index is 194. The monoisotopic (exact) mass is 184 g/mol. The third-order valence-electron chi connectivity index (χ3n) is 2.11. The van der Waals surface area contributed by atoms with Gasteiger partial charge in [-0.2, -0.15) is 0 Å². The largest absolute Gasteiger partial charge is 0.463 e. The standard InChI is InChI=1S/C10H16O3/c1-3-12-10(11)8(2)7-13-9-5-4-6-9/h9H,2-7H2,1H3. The molecular formula is C10H16O3. The molecule has 0 aromatic rings. The lowest BCUT2D eigenvalue weighted by atomic mass is 9.96. The molecule has 1 aliphatic carbocycles. The van der Waals surface area contributed by atoms with E-state index in [0.29, 0.717) is 24.9 Å². The fourth-order valence-electron chi connectivity index (χ4n) is 1.05. The molecule has 74 valence electrons. The van der Waals surface area contributed by atoms with Gasteiger partial charge in [0.25, 0.3) is 0 Å². The molecule has 0 aliphatic heterocycles. The first kappa shape index (κ1) is 10.3. The second-order valence-electron chi connectivity index (χ2n) is 3.19. The summed E-state index contributed by atoms with van der Waals surface area (Å²) >= 11 is 0. The van der Waals surface area contributed by atoms with Crippen molar-refractivity contribution in [2.24, 2.45) is 0 Å². The third kappa shape index (κ3) is 3.19. The van der Waals surface area contributed by atoms with Crippen LogP contribution in [0, 0.1) is 0 Å². The van der Waals surface area contributed by atoms with E-state index in [4.69, 9.17) is 9.47 Å². The van der Waals surface area contributed by atoms with Crippen LogP contribution in [0.5, 0.6) is 0 Å². The maximum absolute atomic E-state index is 11.1. The number of carbonyl (C=O) groups excluding carboxylic acids is 1. The Kier molecular flexibility index (Phi) is 3.96. The first-order valence-electron chi connectivity index (χ1n) is 4.70. The molecule has 0 unspecified atom stereocenters. The van der Waals surface area contributed by atoms with Crippen LogP contribution in [-0.4, -0.2) is 25.3 Å². The van der Waals surface area contributed by atoms with Crippen LogP contribution in [0.4, 0.5) is 0 Å². The van der Waals surface area contributed by atoms with Gasteiger partial charge < -0.3 is 9.47 Å². The molecule has 1 fully saturated rings. The first-order chi connectivity index (χ1) is 6.24. The van der Waals surface area contributed by atoms with E-state index in [1.54, 1.807) is 6.92 Å². The van der Waals surface area contributed by atoms with Crippen molar-refractivity contribution in [3.8, 4) is 0 Å². The average molecular weight is 184 g/mol. The van der Waals surface area contributed by atoms with Crippen LogP contribution in [0.3, 0.4) is 0 Å². The van der Waals surface area contributed by atoms with E-state index < -0.39 is 0 Å². The zero-order valence-electron chi connectivity index (χ0n) is 8.04. The Morgan fingerprint density at radius 2 is 2.23 bits per heavy atom. The maximum atomic E-state index is 11.1. The smallest absolute Gasteiger partial charge is 0.335 e. The molecule has 1 aliphatic rings. The van der Waals surface area contributed by atoms with E-state index in [2.05, 4.69) is 6.58 Å². The maximum Gasteiger partial charge on any atom is 0.335 e. The average Bonchev–Trinajstić information content (AvgIpc) is 2.01. The minimum Gasteiger partial charge on any atom is -0.463 e. The van der Waals surface area contributed by atoms with Crippen LogP contribution in [-0.2, 0) is 14.3 Å². The van der Waals surface area contributed by atoms with Crippen molar-refractivity contribution in [1.82, 2.24) is 0 Å². The minimum absolute atomic E-state index is 0.309. The quantitative estimate of drug-likeness (QED) is 0.481. The van der Waals surface area contributed by atoms with Crippen molar-refractivity contribution in [1.29, 1.82) is 0 Å². The van der Waals surface area contributed by atoms with Crippen molar-refractivity contribution in [2.75, 3.05) is 13.2 Å². The number of esters is 1. The highest BCUT2D eigenvalue weighted by molar-refractivity contribution is 5.87. The Morgan fingerprint density at radius 1 is 1.54 bits per heavy atom. The van der Waals surface area contributed by atoms with E-state index in [-0.39, 0.29) is 5.97 Å². The SMILES string of the molecule is C=C(COC1CCC1)C(=O)OCC. The molecule has 3 nitrogen and oxygen atoms in total. The molecule has 0 radical (unpaired) electrons. The second-order valence-corrected chi connectivity index (χ2v) is 3.19. The van der Waals surface area contributed by atoms with Gasteiger partial charge in [-0.1, -0.05) is 6.58 Å². The summed E-state index contributed by atoms with van der Waals surface area (Å²) in [4.78, 5) is 11.1. The second kappa shape index (κ2) is 5.02. The molecule has 1 rings (SSSR count). The van der Waals surface area contributed by atoms with Crippen LogP contribution in [0.25, 0.3) is 0 Å². The lowest BCUT2D eigenvalue weighted by Gasteiger charge is -2.25. The Balaban J connectivity index is 2.12. The molecule has 0 N–H and O–H groups in total. The van der Waals surface area contributed by atoms with Gasteiger partial charge in [0.1, 0.15) is 0 Å². The van der Waals surface area contributed by atoms with Gasteiger partial charge in [-0.05, 0) is 26.2 Å². The minimum atomic E-state index is -0.346. The number of hydrogen-bond acceptors (Lipinski definition) is 3. The van der Waals surface area contributed by atoms with E-state index in [0.717, 1.165) is 12.8 Å². The molecule has 0 amide bonds. The van der Waals surface area contributed by atoms with Crippen LogP contribution in [0.1, 0.15) is 26.2 Å². The molecule has 0 atom stereocenters. The summed E-state index contributed by atoms with van der Waals surface area (Å²) in [6.07, 6.45) is 3.79. The van der Waals surface area contributed by atoms with Gasteiger partial charge in [-0.15, -0.1) is 0 Å². The zero-order valence-corrected chi connectivity index (χ0v) is 8.04. The van der Waals surface area contributed by atoms with Gasteiger partial charge >= 0.3 is 5.97 Å². The lowest BCUT2D eigenvalue weighted by Crippen LogP contribution is -2.24. The fourth-order valence-corrected chi connectivity index (χ4v) is 1.05. The third-order valence-corrected chi connectivity index (χ3v) is 2.11. The van der Waals surface area contributed by atoms with Crippen LogP contribution >= 0.6 is 0 Å². The highest BCUT2D eigenvalue weighted by Crippen LogP contribution is 2.22. The van der Waals surface area contributed by atoms with Gasteiger partial charge in [0.15, 0.2) is 0 Å². The van der Waals surface area contributed by atoms with Crippen molar-refractivity contribution < 1.29 is 14.3 Å². The summed E-state index contributed by atoms with van der Waals surface area (Å²) in [7, 11) is 0. The van der Waals surface area contributed by atoms with Crippen molar-refractivity contribution in [3.63, 3.8) is 0 Å². The number of ether oxygens (including phenoxy) is 2. The first-order valence-corrected chi connectivity index (χ1v) is 4.70. The van der Waals surface area contributed by atoms with Crippen molar-refractivity contribution in [2.45, 2.75) is 32.3 Å². The Morgan fingerprint density at radius 3 is 2.69 bits per heavy atom. The predicted octanol–water partition coefficient (Wildman–Crippen LogP) is 1.67. The van der Waals surface area contributed by atoms with E-state index in [1.807, 2.05) is 0 Å². The number of carbonyl (C=O) groups is 1. The molecule has 0 aromatic carbocycles. The summed E-state index contributed by atoms with van der Waals surface area (Å²) in [5.74, 6) is -0.346. The van der Waals surface area contributed by atoms with Gasteiger partial charge in [-0.3, -0.25) is 0 Å². The zero-order chi connectivity index (χ0) is 9.68. The Labute approximate surface area is 78.7 Å². The van der Waals surface area contributed by atoms with E-state index >= 15 is 0 Å². The predicted molar refractivity (Wildman–Crippen MR) is 49.4 cm³/mol. The summed E-state index contributed by atoms with van der Waals surface area (Å²) in [6, 6.07) is 0. The molecule has 0 heterocycles. The summed E-state index contributed by atoms with van der Waals surface area (Å²) in [6.45, 7) is 6.08. The highest BCUT2D eigenvalue weighted by Gasteiger charge is 2.19. The van der Waals surface area contributed by atoms with E-state index in [9.17, 15) is 4.79 Å². The molecule has 3 heteroatoms. The molecule has 0 bridgehead atoms. The van der Waals surface area contributed by atoms with Crippen LogP contribution in [0.15, 0.2) is 12.2 Å². The summed E-state index contributed by atoms with van der Waals surface area (Å²) in [5.41, 5.74) is 0.411. The Hall–Kier alpha value is -0.830. The van der Waals surface area contributed by atoms with Gasteiger partial charge in [-0.25, -0.2) is 4.79 Å². The summed E-state index contributed by atoms with van der Waals surface area (Å²) < 4.78 is 10.2. The lowest BCUT2D eigenvalue weighted by molar-refractivity contribution is -0.139. The molecule has 0 aromatic heterocycles. The van der Waals surface area contributed by atoms with Crippen molar-refractivity contribution in [3.05, 3.63) is 12.2 Å². The van der Waals surface area contributed by atoms with E-state index in [1.165, 1.54) is 6.42 Å². The normalized spacial score (nSPS) is 16.4. The number of hydrogen-bond donors (Lipinski definition) is 0. The molecule has 13 heavy (non-hydrogen) atoms. The topological polar surface area (TPSA) is 35.5 Å². The van der Waals surface area contributed by atoms with Gasteiger partial charge in [0.2, 0.25) is 0 Å². The molecule has 0 spiro atoms. The van der Waals surface area contributed by atoms with Gasteiger partial charge in [0, 0.05) is 0 Å². The molecule has 1 saturated carbocycles.